The fourth-order valence-electron chi connectivity index (χ4n) is 3.22. The molecule has 0 aromatic rings. The monoisotopic (exact) mass is 252 g/mol. The van der Waals surface area contributed by atoms with Gasteiger partial charge in [0, 0.05) is 12.5 Å². The Morgan fingerprint density at radius 3 is 2.22 bits per heavy atom. The maximum Gasteiger partial charge on any atom is 0.223 e. The van der Waals surface area contributed by atoms with Crippen molar-refractivity contribution in [2.24, 2.45) is 11.8 Å². The molecule has 2 rings (SSSR count). The summed E-state index contributed by atoms with van der Waals surface area (Å²) in [4.78, 5) is 12.1. The lowest BCUT2D eigenvalue weighted by Gasteiger charge is -2.24. The predicted molar refractivity (Wildman–Crippen MR) is 74.4 cm³/mol. The van der Waals surface area contributed by atoms with Gasteiger partial charge in [0.1, 0.15) is 0 Å². The van der Waals surface area contributed by atoms with E-state index < -0.39 is 0 Å². The number of nitrogens with one attached hydrogen (secondary N) is 2. The Balaban J connectivity index is 1.67. The first-order chi connectivity index (χ1) is 8.86. The van der Waals surface area contributed by atoms with Crippen LogP contribution in [0.4, 0.5) is 0 Å². The lowest BCUT2D eigenvalue weighted by Crippen LogP contribution is -2.39. The van der Waals surface area contributed by atoms with Gasteiger partial charge in [0.15, 0.2) is 0 Å². The summed E-state index contributed by atoms with van der Waals surface area (Å²) in [5, 5.41) is 6.51. The maximum atomic E-state index is 12.1. The Morgan fingerprint density at radius 1 is 0.944 bits per heavy atom. The number of piperidine rings is 1. The molecule has 104 valence electrons. The predicted octanol–water partition coefficient (Wildman–Crippen LogP) is 2.46. The van der Waals surface area contributed by atoms with Crippen molar-refractivity contribution in [3.05, 3.63) is 0 Å². The highest BCUT2D eigenvalue weighted by atomic mass is 16.1. The molecule has 0 aromatic heterocycles. The van der Waals surface area contributed by atoms with Crippen molar-refractivity contribution in [3.8, 4) is 0 Å². The van der Waals surface area contributed by atoms with Gasteiger partial charge in [-0.15, -0.1) is 0 Å². The summed E-state index contributed by atoms with van der Waals surface area (Å²) >= 11 is 0. The summed E-state index contributed by atoms with van der Waals surface area (Å²) in [5.74, 6) is 1.30. The molecular formula is C15H28N2O. The topological polar surface area (TPSA) is 41.1 Å². The van der Waals surface area contributed by atoms with Crippen molar-refractivity contribution < 1.29 is 4.79 Å². The minimum Gasteiger partial charge on any atom is -0.356 e. The van der Waals surface area contributed by atoms with Gasteiger partial charge in [-0.1, -0.05) is 32.1 Å². The second-order valence-corrected chi connectivity index (χ2v) is 5.98. The van der Waals surface area contributed by atoms with Crippen LogP contribution in [0, 0.1) is 11.8 Å². The van der Waals surface area contributed by atoms with E-state index in [0.717, 1.165) is 38.4 Å². The minimum atomic E-state index is 0.264. The summed E-state index contributed by atoms with van der Waals surface area (Å²) in [6, 6.07) is 0. The molecule has 18 heavy (non-hydrogen) atoms. The van der Waals surface area contributed by atoms with E-state index in [2.05, 4.69) is 10.6 Å². The summed E-state index contributed by atoms with van der Waals surface area (Å²) < 4.78 is 0. The van der Waals surface area contributed by atoms with Crippen LogP contribution in [0.1, 0.15) is 57.8 Å². The van der Waals surface area contributed by atoms with Gasteiger partial charge < -0.3 is 10.6 Å². The summed E-state index contributed by atoms with van der Waals surface area (Å²) in [5.41, 5.74) is 0. The molecule has 0 aromatic carbocycles. The molecule has 2 fully saturated rings. The molecule has 1 saturated heterocycles. The average Bonchev–Trinajstić information content (AvgIpc) is 2.38. The van der Waals surface area contributed by atoms with Gasteiger partial charge in [0.25, 0.3) is 0 Å². The standard InChI is InChI=1S/C15H28N2O/c18-15(14-8-10-16-11-9-14)17-12-13-6-4-2-1-3-5-7-13/h13-14,16H,1-12H2,(H,17,18). The van der Waals surface area contributed by atoms with E-state index in [4.69, 9.17) is 0 Å². The van der Waals surface area contributed by atoms with Gasteiger partial charge in [-0.25, -0.2) is 0 Å². The average molecular weight is 252 g/mol. The molecule has 3 heteroatoms. The van der Waals surface area contributed by atoms with Gasteiger partial charge in [0.05, 0.1) is 0 Å². The molecular weight excluding hydrogens is 224 g/mol. The summed E-state index contributed by atoms with van der Waals surface area (Å²) in [7, 11) is 0. The molecule has 1 aliphatic carbocycles. The molecule has 1 amide bonds. The summed E-state index contributed by atoms with van der Waals surface area (Å²) in [6.07, 6.45) is 11.5. The molecule has 0 atom stereocenters. The second kappa shape index (κ2) is 7.78. The van der Waals surface area contributed by atoms with Crippen molar-refractivity contribution in [3.63, 3.8) is 0 Å². The van der Waals surface area contributed by atoms with Crippen LogP contribution in [0.25, 0.3) is 0 Å². The van der Waals surface area contributed by atoms with Gasteiger partial charge in [-0.05, 0) is 44.7 Å². The van der Waals surface area contributed by atoms with Crippen LogP contribution in [0.15, 0.2) is 0 Å². The van der Waals surface area contributed by atoms with E-state index in [1.54, 1.807) is 0 Å². The third kappa shape index (κ3) is 4.60. The van der Waals surface area contributed by atoms with E-state index >= 15 is 0 Å². The van der Waals surface area contributed by atoms with E-state index in [1.165, 1.54) is 44.9 Å². The third-order valence-corrected chi connectivity index (χ3v) is 4.50. The van der Waals surface area contributed by atoms with Crippen LogP contribution in [0.5, 0.6) is 0 Å². The van der Waals surface area contributed by atoms with Crippen LogP contribution in [-0.4, -0.2) is 25.5 Å². The largest absolute Gasteiger partial charge is 0.356 e. The van der Waals surface area contributed by atoms with Crippen LogP contribution in [0.3, 0.4) is 0 Å². The highest BCUT2D eigenvalue weighted by Gasteiger charge is 2.21. The van der Waals surface area contributed by atoms with E-state index in [-0.39, 0.29) is 5.92 Å². The molecule has 1 aliphatic heterocycles. The van der Waals surface area contributed by atoms with E-state index in [0.29, 0.717) is 5.91 Å². The van der Waals surface area contributed by atoms with Crippen molar-refractivity contribution in [1.29, 1.82) is 0 Å². The van der Waals surface area contributed by atoms with Gasteiger partial charge in [-0.3, -0.25) is 4.79 Å². The fraction of sp³-hybridized carbons (Fsp3) is 0.933. The van der Waals surface area contributed by atoms with Crippen LogP contribution in [0.2, 0.25) is 0 Å². The molecule has 0 bridgehead atoms. The van der Waals surface area contributed by atoms with Crippen molar-refractivity contribution in [2.75, 3.05) is 19.6 Å². The first-order valence-corrected chi connectivity index (χ1v) is 7.84. The fourth-order valence-corrected chi connectivity index (χ4v) is 3.22. The number of amides is 1. The smallest absolute Gasteiger partial charge is 0.223 e. The highest BCUT2D eigenvalue weighted by Crippen LogP contribution is 2.22. The first-order valence-electron chi connectivity index (χ1n) is 7.84. The van der Waals surface area contributed by atoms with Crippen molar-refractivity contribution >= 4 is 5.91 Å². The molecule has 2 aliphatic rings. The molecule has 1 saturated carbocycles. The number of rotatable bonds is 3. The number of carbonyl (C=O) groups is 1. The zero-order valence-corrected chi connectivity index (χ0v) is 11.5. The zero-order valence-electron chi connectivity index (χ0n) is 11.5. The van der Waals surface area contributed by atoms with Crippen LogP contribution in [-0.2, 0) is 4.79 Å². The summed E-state index contributed by atoms with van der Waals surface area (Å²) in [6.45, 7) is 2.92. The third-order valence-electron chi connectivity index (χ3n) is 4.50. The molecule has 3 nitrogen and oxygen atoms in total. The quantitative estimate of drug-likeness (QED) is 0.810. The lowest BCUT2D eigenvalue weighted by atomic mass is 9.90. The molecule has 0 radical (unpaired) electrons. The molecule has 0 spiro atoms. The van der Waals surface area contributed by atoms with Gasteiger partial charge in [-0.2, -0.15) is 0 Å². The molecule has 0 unspecified atom stereocenters. The molecule has 1 heterocycles. The zero-order chi connectivity index (χ0) is 12.6. The number of hydrogen-bond donors (Lipinski definition) is 2. The van der Waals surface area contributed by atoms with Gasteiger partial charge >= 0.3 is 0 Å². The van der Waals surface area contributed by atoms with Gasteiger partial charge in [0.2, 0.25) is 5.91 Å². The number of carbonyl (C=O) groups excluding carboxylic acids is 1. The highest BCUT2D eigenvalue weighted by molar-refractivity contribution is 5.78. The number of hydrogen-bond acceptors (Lipinski definition) is 2. The van der Waals surface area contributed by atoms with Crippen molar-refractivity contribution in [1.82, 2.24) is 10.6 Å². The molecule has 2 N–H and O–H groups in total. The van der Waals surface area contributed by atoms with Crippen LogP contribution < -0.4 is 10.6 Å². The second-order valence-electron chi connectivity index (χ2n) is 5.98. The van der Waals surface area contributed by atoms with Crippen molar-refractivity contribution in [2.45, 2.75) is 57.8 Å². The lowest BCUT2D eigenvalue weighted by molar-refractivity contribution is -0.125. The van der Waals surface area contributed by atoms with Crippen LogP contribution >= 0.6 is 0 Å². The maximum absolute atomic E-state index is 12.1. The normalized spacial score (nSPS) is 24.2. The Labute approximate surface area is 111 Å². The SMILES string of the molecule is O=C(NCC1CCCCCCC1)C1CCNCC1. The Kier molecular flexibility index (Phi) is 5.98. The van der Waals surface area contributed by atoms with E-state index in [1.807, 2.05) is 0 Å². The Bertz CT molecular complexity index is 241. The Hall–Kier alpha value is -0.570. The first kappa shape index (κ1) is 13.9. The van der Waals surface area contributed by atoms with E-state index in [9.17, 15) is 4.79 Å². The minimum absolute atomic E-state index is 0.264. The Morgan fingerprint density at radius 2 is 1.56 bits per heavy atom.